The molecular formula is C22H21ClFN3O2. The van der Waals surface area contributed by atoms with Crippen LogP contribution in [0.4, 0.5) is 10.1 Å². The number of halogens is 2. The van der Waals surface area contributed by atoms with Crippen LogP contribution in [0.3, 0.4) is 0 Å². The smallest absolute Gasteiger partial charge is 0.257 e. The first-order valence-electron chi connectivity index (χ1n) is 9.53. The fraction of sp³-hybridized carbons (Fsp3) is 0.273. The van der Waals surface area contributed by atoms with Crippen molar-refractivity contribution in [2.75, 3.05) is 31.1 Å². The second-order valence-electron chi connectivity index (χ2n) is 7.11. The van der Waals surface area contributed by atoms with E-state index in [9.17, 15) is 9.18 Å². The predicted octanol–water partition coefficient (Wildman–Crippen LogP) is 4.05. The van der Waals surface area contributed by atoms with Crippen molar-refractivity contribution in [2.45, 2.75) is 6.42 Å². The molecule has 2 aromatic carbocycles. The maximum Gasteiger partial charge on any atom is 0.257 e. The minimum Gasteiger partial charge on any atom is -0.481 e. The minimum absolute atomic E-state index is 0.0816. The van der Waals surface area contributed by atoms with Gasteiger partial charge in [-0.15, -0.1) is 0 Å². The van der Waals surface area contributed by atoms with Crippen molar-refractivity contribution in [1.29, 1.82) is 0 Å². The zero-order valence-electron chi connectivity index (χ0n) is 15.8. The van der Waals surface area contributed by atoms with Gasteiger partial charge in [-0.25, -0.2) is 4.39 Å². The normalized spacial score (nSPS) is 16.2. The summed E-state index contributed by atoms with van der Waals surface area (Å²) in [6.45, 7) is 2.23. The van der Waals surface area contributed by atoms with Crippen LogP contribution in [0.5, 0.6) is 5.75 Å². The molecule has 1 saturated heterocycles. The lowest BCUT2D eigenvalue weighted by Crippen LogP contribution is -2.34. The van der Waals surface area contributed by atoms with Crippen LogP contribution in [0.1, 0.15) is 6.42 Å². The van der Waals surface area contributed by atoms with Gasteiger partial charge in [-0.2, -0.15) is 0 Å². The second-order valence-corrected chi connectivity index (χ2v) is 7.52. The Morgan fingerprint density at radius 1 is 1.24 bits per heavy atom. The van der Waals surface area contributed by atoms with Crippen molar-refractivity contribution in [3.63, 3.8) is 0 Å². The molecule has 7 heteroatoms. The van der Waals surface area contributed by atoms with Crippen molar-refractivity contribution in [3.8, 4) is 5.75 Å². The van der Waals surface area contributed by atoms with Gasteiger partial charge in [-0.1, -0.05) is 11.6 Å². The molecule has 0 bridgehead atoms. The number of hydrogen-bond acceptors (Lipinski definition) is 4. The highest BCUT2D eigenvalue weighted by molar-refractivity contribution is 6.35. The average Bonchev–Trinajstić information content (AvgIpc) is 3.21. The van der Waals surface area contributed by atoms with Crippen LogP contribution < -0.4 is 15.0 Å². The van der Waals surface area contributed by atoms with Crippen LogP contribution in [0.25, 0.3) is 10.9 Å². The first-order valence-corrected chi connectivity index (χ1v) is 9.91. The lowest BCUT2D eigenvalue weighted by Gasteiger charge is -2.19. The Balaban J connectivity index is 1.27. The standard InChI is InChI=1S/C22H21ClFN3O2/c23-19-7-8-20(22-18(19)2-1-10-25-22)29-14-21(28)26-12-15-9-11-27(13-15)17-5-3-16(24)4-6-17/h1-8,10,15H,9,11-14H2,(H,26,28). The Hall–Kier alpha value is -2.86. The summed E-state index contributed by atoms with van der Waals surface area (Å²) in [4.78, 5) is 18.7. The van der Waals surface area contributed by atoms with Gasteiger partial charge < -0.3 is 15.0 Å². The Morgan fingerprint density at radius 3 is 2.90 bits per heavy atom. The van der Waals surface area contributed by atoms with E-state index in [1.165, 1.54) is 12.1 Å². The molecule has 4 rings (SSSR count). The molecule has 0 aliphatic carbocycles. The molecule has 1 amide bonds. The van der Waals surface area contributed by atoms with Crippen LogP contribution in [0.15, 0.2) is 54.7 Å². The van der Waals surface area contributed by atoms with E-state index in [0.717, 1.165) is 30.6 Å². The van der Waals surface area contributed by atoms with Gasteiger partial charge in [0.05, 0.1) is 5.02 Å². The highest BCUT2D eigenvalue weighted by Crippen LogP contribution is 2.29. The predicted molar refractivity (Wildman–Crippen MR) is 112 cm³/mol. The number of rotatable bonds is 6. The third kappa shape index (κ3) is 4.59. The topological polar surface area (TPSA) is 54.5 Å². The summed E-state index contributed by atoms with van der Waals surface area (Å²) in [6.07, 6.45) is 2.64. The van der Waals surface area contributed by atoms with Gasteiger partial charge in [0.1, 0.15) is 17.1 Å². The fourth-order valence-electron chi connectivity index (χ4n) is 3.57. The van der Waals surface area contributed by atoms with Gasteiger partial charge >= 0.3 is 0 Å². The summed E-state index contributed by atoms with van der Waals surface area (Å²) in [7, 11) is 0. The van der Waals surface area contributed by atoms with E-state index in [0.29, 0.717) is 28.8 Å². The Kier molecular flexibility index (Phi) is 5.81. The zero-order valence-corrected chi connectivity index (χ0v) is 16.5. The maximum absolute atomic E-state index is 13.1. The molecule has 3 aromatic rings. The lowest BCUT2D eigenvalue weighted by molar-refractivity contribution is -0.123. The SMILES string of the molecule is O=C(COc1ccc(Cl)c2cccnc12)NCC1CCN(c2ccc(F)cc2)C1. The number of benzene rings is 2. The number of hydrogen-bond donors (Lipinski definition) is 1. The van der Waals surface area contributed by atoms with Crippen molar-refractivity contribution < 1.29 is 13.9 Å². The largest absolute Gasteiger partial charge is 0.481 e. The Labute approximate surface area is 173 Å². The third-order valence-corrected chi connectivity index (χ3v) is 5.43. The summed E-state index contributed by atoms with van der Waals surface area (Å²) < 4.78 is 18.7. The lowest BCUT2D eigenvalue weighted by atomic mass is 10.1. The number of ether oxygens (including phenoxy) is 1. The van der Waals surface area contributed by atoms with Gasteiger partial charge in [0, 0.05) is 36.9 Å². The first-order chi connectivity index (χ1) is 14.1. The van der Waals surface area contributed by atoms with Gasteiger partial charge in [0.15, 0.2) is 6.61 Å². The minimum atomic E-state index is -0.236. The number of aromatic nitrogens is 1. The van der Waals surface area contributed by atoms with Crippen molar-refractivity contribution in [1.82, 2.24) is 10.3 Å². The monoisotopic (exact) mass is 413 g/mol. The summed E-state index contributed by atoms with van der Waals surface area (Å²) in [5, 5.41) is 4.32. The number of fused-ring (bicyclic) bond motifs is 1. The van der Waals surface area contributed by atoms with Crippen LogP contribution in [-0.4, -0.2) is 37.1 Å². The molecule has 29 heavy (non-hydrogen) atoms. The first kappa shape index (κ1) is 19.5. The molecular weight excluding hydrogens is 393 g/mol. The van der Waals surface area contributed by atoms with Gasteiger partial charge in [0.2, 0.25) is 0 Å². The molecule has 5 nitrogen and oxygen atoms in total. The summed E-state index contributed by atoms with van der Waals surface area (Å²) >= 11 is 6.18. The Bertz CT molecular complexity index is 1010. The summed E-state index contributed by atoms with van der Waals surface area (Å²) in [5.74, 6) is 0.468. The van der Waals surface area contributed by atoms with Gasteiger partial charge in [-0.05, 0) is 60.9 Å². The van der Waals surface area contributed by atoms with Gasteiger partial charge in [0.25, 0.3) is 5.91 Å². The van der Waals surface area contributed by atoms with Crippen LogP contribution in [0, 0.1) is 11.7 Å². The molecule has 2 heterocycles. The number of carbonyl (C=O) groups excluding carboxylic acids is 1. The summed E-state index contributed by atoms with van der Waals surface area (Å²) in [5.41, 5.74) is 1.64. The number of nitrogens with zero attached hydrogens (tertiary/aromatic N) is 2. The maximum atomic E-state index is 13.1. The molecule has 0 radical (unpaired) electrons. The van der Waals surface area contributed by atoms with E-state index >= 15 is 0 Å². The number of anilines is 1. The molecule has 0 saturated carbocycles. The number of nitrogens with one attached hydrogen (secondary N) is 1. The quantitative estimate of drug-likeness (QED) is 0.662. The zero-order chi connectivity index (χ0) is 20.2. The van der Waals surface area contributed by atoms with Crippen molar-refractivity contribution in [3.05, 3.63) is 65.6 Å². The third-order valence-electron chi connectivity index (χ3n) is 5.10. The van der Waals surface area contributed by atoms with E-state index < -0.39 is 0 Å². The van der Waals surface area contributed by atoms with Crippen LogP contribution in [0.2, 0.25) is 5.02 Å². The number of amides is 1. The van der Waals surface area contributed by atoms with E-state index in [-0.39, 0.29) is 18.3 Å². The fourth-order valence-corrected chi connectivity index (χ4v) is 3.78. The average molecular weight is 414 g/mol. The molecule has 150 valence electrons. The van der Waals surface area contributed by atoms with Gasteiger partial charge in [-0.3, -0.25) is 9.78 Å². The molecule has 0 spiro atoms. The van der Waals surface area contributed by atoms with Crippen LogP contribution in [-0.2, 0) is 4.79 Å². The molecule has 1 fully saturated rings. The second kappa shape index (κ2) is 8.66. The Morgan fingerprint density at radius 2 is 2.07 bits per heavy atom. The molecule has 1 N–H and O–H groups in total. The van der Waals surface area contributed by atoms with Crippen molar-refractivity contribution in [2.24, 2.45) is 5.92 Å². The highest BCUT2D eigenvalue weighted by atomic mass is 35.5. The molecule has 1 aliphatic heterocycles. The van der Waals surface area contributed by atoms with Crippen LogP contribution >= 0.6 is 11.6 Å². The van der Waals surface area contributed by atoms with E-state index in [1.54, 1.807) is 30.5 Å². The molecule has 1 unspecified atom stereocenters. The van der Waals surface area contributed by atoms with Crippen molar-refractivity contribution >= 4 is 34.1 Å². The number of pyridine rings is 1. The molecule has 1 atom stereocenters. The molecule has 1 aliphatic rings. The van der Waals surface area contributed by atoms with E-state index in [1.807, 2.05) is 12.1 Å². The number of carbonyl (C=O) groups is 1. The molecule has 1 aromatic heterocycles. The summed E-state index contributed by atoms with van der Waals surface area (Å²) in [6, 6.07) is 13.6. The highest BCUT2D eigenvalue weighted by Gasteiger charge is 2.23. The van der Waals surface area contributed by atoms with E-state index in [2.05, 4.69) is 15.2 Å². The van der Waals surface area contributed by atoms with E-state index in [4.69, 9.17) is 16.3 Å².